The molecule has 1 aliphatic heterocycles. The largest absolute Gasteiger partial charge is 0.335 e. The molecule has 0 spiro atoms. The summed E-state index contributed by atoms with van der Waals surface area (Å²) in [5.41, 5.74) is 1.52. The van der Waals surface area contributed by atoms with Crippen molar-refractivity contribution < 1.29 is 12.8 Å². The molecule has 1 unspecified atom stereocenters. The number of hydrogen-bond acceptors (Lipinski definition) is 5. The topological polar surface area (TPSA) is 61.8 Å². The van der Waals surface area contributed by atoms with Crippen LogP contribution >= 0.6 is 23.4 Å². The molecule has 26 heavy (non-hydrogen) atoms. The minimum Gasteiger partial charge on any atom is -0.335 e. The van der Waals surface area contributed by atoms with Gasteiger partial charge in [-0.05, 0) is 42.0 Å². The lowest BCUT2D eigenvalue weighted by molar-refractivity contribution is 0.520. The number of halogens is 2. The zero-order valence-electron chi connectivity index (χ0n) is 14.1. The molecule has 1 aliphatic rings. The van der Waals surface area contributed by atoms with Crippen molar-refractivity contribution >= 4 is 44.2 Å². The van der Waals surface area contributed by atoms with Gasteiger partial charge in [0.2, 0.25) is 10.0 Å². The first kappa shape index (κ1) is 19.2. The van der Waals surface area contributed by atoms with Crippen LogP contribution in [-0.4, -0.2) is 37.7 Å². The van der Waals surface area contributed by atoms with Gasteiger partial charge in [0.05, 0.1) is 11.1 Å². The molecule has 0 saturated heterocycles. The molecule has 2 aromatic rings. The Morgan fingerprint density at radius 1 is 1.23 bits per heavy atom. The average Bonchev–Trinajstić information content (AvgIpc) is 3.05. The van der Waals surface area contributed by atoms with Crippen LogP contribution in [0.3, 0.4) is 0 Å². The van der Waals surface area contributed by atoms with Gasteiger partial charge in [0.15, 0.2) is 5.17 Å². The number of anilines is 1. The number of nitrogens with zero attached hydrogens (tertiary/aromatic N) is 2. The van der Waals surface area contributed by atoms with Crippen LogP contribution in [0.5, 0.6) is 0 Å². The van der Waals surface area contributed by atoms with Crippen molar-refractivity contribution in [1.29, 1.82) is 0 Å². The van der Waals surface area contributed by atoms with Gasteiger partial charge in [-0.25, -0.2) is 17.1 Å². The van der Waals surface area contributed by atoms with E-state index in [1.54, 1.807) is 30.3 Å². The van der Waals surface area contributed by atoms with E-state index in [0.29, 0.717) is 10.9 Å². The fourth-order valence-corrected chi connectivity index (χ4v) is 4.77. The number of sulfonamides is 1. The molecule has 0 fully saturated rings. The third-order valence-electron chi connectivity index (χ3n) is 3.85. The van der Waals surface area contributed by atoms with Gasteiger partial charge >= 0.3 is 0 Å². The molecule has 9 heteroatoms. The molecule has 0 aromatic heterocycles. The smallest absolute Gasteiger partial charge is 0.244 e. The Kier molecular flexibility index (Phi) is 5.57. The van der Waals surface area contributed by atoms with E-state index >= 15 is 0 Å². The van der Waals surface area contributed by atoms with Crippen molar-refractivity contribution in [2.45, 2.75) is 10.9 Å². The number of nitrogens with one attached hydrogen (secondary N) is 1. The summed E-state index contributed by atoms with van der Waals surface area (Å²) < 4.78 is 38.9. The average molecular weight is 414 g/mol. The van der Waals surface area contributed by atoms with Crippen LogP contribution < -0.4 is 5.32 Å². The SMILES string of the molecule is CN(C)S(=O)(=O)c1cc(C2CSC(Nc3ccc(F)cc3)=N2)ccc1Cl. The summed E-state index contributed by atoms with van der Waals surface area (Å²) in [5, 5.41) is 4.02. The highest BCUT2D eigenvalue weighted by Crippen LogP contribution is 2.34. The van der Waals surface area contributed by atoms with Crippen molar-refractivity contribution in [1.82, 2.24) is 4.31 Å². The predicted molar refractivity (Wildman–Crippen MR) is 105 cm³/mol. The van der Waals surface area contributed by atoms with E-state index in [0.717, 1.165) is 15.6 Å². The van der Waals surface area contributed by atoms with Crippen LogP contribution in [0.1, 0.15) is 11.6 Å². The third kappa shape index (κ3) is 4.03. The van der Waals surface area contributed by atoms with E-state index in [-0.39, 0.29) is 21.8 Å². The van der Waals surface area contributed by atoms with Crippen molar-refractivity contribution in [2.75, 3.05) is 25.2 Å². The number of amidine groups is 1. The van der Waals surface area contributed by atoms with Crippen LogP contribution in [0.25, 0.3) is 0 Å². The van der Waals surface area contributed by atoms with Gasteiger partial charge in [-0.15, -0.1) is 0 Å². The molecule has 1 N–H and O–H groups in total. The summed E-state index contributed by atoms with van der Waals surface area (Å²) in [5.74, 6) is 0.373. The maximum atomic E-state index is 13.0. The van der Waals surface area contributed by atoms with Crippen molar-refractivity contribution in [3.63, 3.8) is 0 Å². The Balaban J connectivity index is 1.84. The number of aliphatic imine (C=N–C) groups is 1. The quantitative estimate of drug-likeness (QED) is 0.823. The fourth-order valence-electron chi connectivity index (χ4n) is 2.39. The normalized spacial score (nSPS) is 17.4. The Morgan fingerprint density at radius 3 is 2.58 bits per heavy atom. The van der Waals surface area contributed by atoms with Crippen molar-refractivity contribution in [3.8, 4) is 0 Å². The van der Waals surface area contributed by atoms with Crippen LogP contribution in [0.15, 0.2) is 52.4 Å². The second-order valence-corrected chi connectivity index (χ2v) is 9.41. The highest BCUT2D eigenvalue weighted by molar-refractivity contribution is 8.14. The number of hydrogen-bond donors (Lipinski definition) is 1. The predicted octanol–water partition coefficient (Wildman–Crippen LogP) is 3.99. The summed E-state index contributed by atoms with van der Waals surface area (Å²) in [4.78, 5) is 4.67. The van der Waals surface area contributed by atoms with Gasteiger partial charge in [-0.3, -0.25) is 4.99 Å². The van der Waals surface area contributed by atoms with E-state index < -0.39 is 10.0 Å². The Hall–Kier alpha value is -1.61. The zero-order valence-corrected chi connectivity index (χ0v) is 16.5. The molecule has 1 atom stereocenters. The summed E-state index contributed by atoms with van der Waals surface area (Å²) in [7, 11) is -0.701. The molecule has 2 aromatic carbocycles. The van der Waals surface area contributed by atoms with Crippen LogP contribution in [0.4, 0.5) is 10.1 Å². The molecular formula is C17H17ClFN3O2S2. The minimum absolute atomic E-state index is 0.0711. The molecule has 138 valence electrons. The minimum atomic E-state index is -3.63. The molecule has 0 amide bonds. The second-order valence-electron chi connectivity index (χ2n) is 5.87. The lowest BCUT2D eigenvalue weighted by Gasteiger charge is -2.15. The molecular weight excluding hydrogens is 397 g/mol. The number of benzene rings is 2. The first-order valence-electron chi connectivity index (χ1n) is 7.72. The van der Waals surface area contributed by atoms with Crippen LogP contribution in [0.2, 0.25) is 5.02 Å². The maximum absolute atomic E-state index is 13.0. The Labute approximate surface area is 161 Å². The first-order chi connectivity index (χ1) is 12.3. The third-order valence-corrected chi connectivity index (χ3v) is 7.11. The van der Waals surface area contributed by atoms with Gasteiger partial charge in [0.25, 0.3) is 0 Å². The molecule has 0 bridgehead atoms. The molecule has 0 saturated carbocycles. The van der Waals surface area contributed by atoms with Gasteiger partial charge < -0.3 is 5.32 Å². The highest BCUT2D eigenvalue weighted by Gasteiger charge is 2.25. The summed E-state index contributed by atoms with van der Waals surface area (Å²) in [6.07, 6.45) is 0. The van der Waals surface area contributed by atoms with Crippen LogP contribution in [0, 0.1) is 5.82 Å². The summed E-state index contributed by atoms with van der Waals surface area (Å²) in [6, 6.07) is 10.8. The van der Waals surface area contributed by atoms with Gasteiger partial charge in [0.1, 0.15) is 10.7 Å². The van der Waals surface area contributed by atoms with Crippen LogP contribution in [-0.2, 0) is 10.0 Å². The monoisotopic (exact) mass is 413 g/mol. The Morgan fingerprint density at radius 2 is 1.92 bits per heavy atom. The lowest BCUT2D eigenvalue weighted by atomic mass is 10.1. The van der Waals surface area contributed by atoms with E-state index in [1.807, 2.05) is 0 Å². The number of rotatable bonds is 4. The summed E-state index contributed by atoms with van der Waals surface area (Å²) in [6.45, 7) is 0. The lowest BCUT2D eigenvalue weighted by Crippen LogP contribution is -2.22. The standard InChI is InChI=1S/C17H17ClFN3O2S2/c1-22(2)26(23,24)16-9-11(3-8-14(16)18)15-10-25-17(21-15)20-13-6-4-12(19)5-7-13/h3-9,15H,10H2,1-2H3,(H,20,21). The maximum Gasteiger partial charge on any atom is 0.244 e. The van der Waals surface area contributed by atoms with E-state index in [1.165, 1.54) is 38.0 Å². The highest BCUT2D eigenvalue weighted by atomic mass is 35.5. The second kappa shape index (κ2) is 7.56. The number of thioether (sulfide) groups is 1. The molecule has 1 heterocycles. The van der Waals surface area contributed by atoms with E-state index in [4.69, 9.17) is 11.6 Å². The van der Waals surface area contributed by atoms with E-state index in [2.05, 4.69) is 10.3 Å². The van der Waals surface area contributed by atoms with Gasteiger partial charge in [-0.1, -0.05) is 29.4 Å². The van der Waals surface area contributed by atoms with E-state index in [9.17, 15) is 12.8 Å². The van der Waals surface area contributed by atoms with Gasteiger partial charge in [-0.2, -0.15) is 0 Å². The molecule has 5 nitrogen and oxygen atoms in total. The molecule has 3 rings (SSSR count). The summed E-state index contributed by atoms with van der Waals surface area (Å²) >= 11 is 7.61. The zero-order chi connectivity index (χ0) is 18.9. The van der Waals surface area contributed by atoms with Crippen molar-refractivity contribution in [2.24, 2.45) is 4.99 Å². The molecule has 0 radical (unpaired) electrons. The molecule has 0 aliphatic carbocycles. The Bertz CT molecular complexity index is 947. The van der Waals surface area contributed by atoms with Crippen molar-refractivity contribution in [3.05, 3.63) is 58.9 Å². The first-order valence-corrected chi connectivity index (χ1v) is 10.5. The van der Waals surface area contributed by atoms with Gasteiger partial charge in [0, 0.05) is 25.5 Å². The fraction of sp³-hybridized carbons (Fsp3) is 0.235.